The van der Waals surface area contributed by atoms with Gasteiger partial charge >= 0.3 is 0 Å². The van der Waals surface area contributed by atoms with Gasteiger partial charge in [0.25, 0.3) is 0 Å². The number of rotatable bonds is 5. The third-order valence-electron chi connectivity index (χ3n) is 6.08. The van der Waals surface area contributed by atoms with Crippen molar-refractivity contribution in [3.05, 3.63) is 83.7 Å². The number of aryl methyl sites for hydroxylation is 2. The molecule has 0 radical (unpaired) electrons. The number of nitrogens with zero attached hydrogens (tertiary/aromatic N) is 3. The van der Waals surface area contributed by atoms with Crippen LogP contribution in [0.2, 0.25) is 0 Å². The molecule has 1 aliphatic rings. The van der Waals surface area contributed by atoms with Crippen molar-refractivity contribution in [3.8, 4) is 11.1 Å². The standard InChI is InChI=1S/C26H25FN4O/c1-17-15-19(18-8-10-20(27)11-9-18)16-23(28-17)24-7-4-14-31(24)26(32)13-12-25-29-21-5-2-3-6-22(21)30-25/h2-3,5-6,8-11,15-16,24H,4,7,12-14H2,1H3,(H,29,30). The van der Waals surface area contributed by atoms with Gasteiger partial charge in [-0.3, -0.25) is 9.78 Å². The zero-order chi connectivity index (χ0) is 22.1. The largest absolute Gasteiger partial charge is 0.342 e. The molecule has 1 amide bonds. The Morgan fingerprint density at radius 1 is 1.09 bits per heavy atom. The van der Waals surface area contributed by atoms with Gasteiger partial charge < -0.3 is 9.88 Å². The van der Waals surface area contributed by atoms with Crippen molar-refractivity contribution in [1.82, 2.24) is 19.9 Å². The fourth-order valence-corrected chi connectivity index (χ4v) is 4.54. The minimum Gasteiger partial charge on any atom is -0.342 e. The summed E-state index contributed by atoms with van der Waals surface area (Å²) >= 11 is 0. The molecule has 1 N–H and O–H groups in total. The monoisotopic (exact) mass is 428 g/mol. The Morgan fingerprint density at radius 3 is 2.72 bits per heavy atom. The van der Waals surface area contributed by atoms with Gasteiger partial charge in [0.05, 0.1) is 22.8 Å². The number of hydrogen-bond donors (Lipinski definition) is 1. The summed E-state index contributed by atoms with van der Waals surface area (Å²) in [5, 5.41) is 0. The fraction of sp³-hybridized carbons (Fsp3) is 0.269. The van der Waals surface area contributed by atoms with Crippen LogP contribution in [0.3, 0.4) is 0 Å². The van der Waals surface area contributed by atoms with E-state index < -0.39 is 0 Å². The molecule has 4 aromatic rings. The molecule has 32 heavy (non-hydrogen) atoms. The first kappa shape index (κ1) is 20.4. The summed E-state index contributed by atoms with van der Waals surface area (Å²) in [4.78, 5) is 27.7. The minimum atomic E-state index is -0.253. The summed E-state index contributed by atoms with van der Waals surface area (Å²) in [7, 11) is 0. The van der Waals surface area contributed by atoms with Crippen LogP contribution in [0, 0.1) is 12.7 Å². The second kappa shape index (κ2) is 8.54. The van der Waals surface area contributed by atoms with Crippen LogP contribution in [-0.4, -0.2) is 32.3 Å². The van der Waals surface area contributed by atoms with Crippen LogP contribution in [0.25, 0.3) is 22.2 Å². The number of imidazole rings is 1. The van der Waals surface area contributed by atoms with Gasteiger partial charge in [-0.1, -0.05) is 24.3 Å². The maximum atomic E-state index is 13.3. The van der Waals surface area contributed by atoms with Gasteiger partial charge in [0, 0.05) is 25.1 Å². The molecule has 0 saturated carbocycles. The Kier molecular flexibility index (Phi) is 5.43. The highest BCUT2D eigenvalue weighted by Crippen LogP contribution is 2.34. The molecule has 162 valence electrons. The van der Waals surface area contributed by atoms with Crippen LogP contribution < -0.4 is 0 Å². The zero-order valence-electron chi connectivity index (χ0n) is 18.0. The number of pyridine rings is 1. The molecule has 0 aliphatic carbocycles. The lowest BCUT2D eigenvalue weighted by Gasteiger charge is -2.25. The number of benzene rings is 2. The van der Waals surface area contributed by atoms with E-state index in [0.717, 1.165) is 58.8 Å². The summed E-state index contributed by atoms with van der Waals surface area (Å²) in [6, 6.07) is 18.4. The first-order chi connectivity index (χ1) is 15.6. The molecule has 1 unspecified atom stereocenters. The first-order valence-electron chi connectivity index (χ1n) is 11.0. The number of para-hydroxylation sites is 2. The van der Waals surface area contributed by atoms with Crippen molar-refractivity contribution in [2.75, 3.05) is 6.54 Å². The predicted octanol–water partition coefficient (Wildman–Crippen LogP) is 5.37. The number of aromatic nitrogens is 3. The first-order valence-corrected chi connectivity index (χ1v) is 11.0. The van der Waals surface area contributed by atoms with E-state index in [0.29, 0.717) is 12.8 Å². The Labute approximate surface area is 186 Å². The maximum absolute atomic E-state index is 13.3. The molecule has 0 spiro atoms. The summed E-state index contributed by atoms with van der Waals surface area (Å²) in [6.07, 6.45) is 2.85. The summed E-state index contributed by atoms with van der Waals surface area (Å²) in [5.41, 5.74) is 5.65. The van der Waals surface area contributed by atoms with Crippen molar-refractivity contribution in [2.24, 2.45) is 0 Å². The van der Waals surface area contributed by atoms with Crippen molar-refractivity contribution in [3.63, 3.8) is 0 Å². The number of amides is 1. The van der Waals surface area contributed by atoms with Gasteiger partial charge in [-0.05, 0) is 67.3 Å². The lowest BCUT2D eigenvalue weighted by molar-refractivity contribution is -0.132. The molecule has 1 aliphatic heterocycles. The van der Waals surface area contributed by atoms with Crippen LogP contribution in [0.4, 0.5) is 4.39 Å². The van der Waals surface area contributed by atoms with Gasteiger partial charge in [-0.25, -0.2) is 9.37 Å². The number of H-pyrrole nitrogens is 1. The van der Waals surface area contributed by atoms with Gasteiger partial charge in [0.15, 0.2) is 0 Å². The van der Waals surface area contributed by atoms with E-state index >= 15 is 0 Å². The van der Waals surface area contributed by atoms with Crippen molar-refractivity contribution in [1.29, 1.82) is 0 Å². The van der Waals surface area contributed by atoms with Crippen LogP contribution in [-0.2, 0) is 11.2 Å². The Hall–Kier alpha value is -3.54. The summed E-state index contributed by atoms with van der Waals surface area (Å²) in [5.74, 6) is 0.707. The average Bonchev–Trinajstić information content (AvgIpc) is 3.44. The quantitative estimate of drug-likeness (QED) is 0.465. The summed E-state index contributed by atoms with van der Waals surface area (Å²) in [6.45, 7) is 2.70. The van der Waals surface area contributed by atoms with Gasteiger partial charge in [0.2, 0.25) is 5.91 Å². The molecule has 5 nitrogen and oxygen atoms in total. The van der Waals surface area contributed by atoms with E-state index in [2.05, 4.69) is 9.97 Å². The van der Waals surface area contributed by atoms with Crippen molar-refractivity contribution >= 4 is 16.9 Å². The summed E-state index contributed by atoms with van der Waals surface area (Å²) < 4.78 is 13.3. The van der Waals surface area contributed by atoms with Crippen LogP contribution in [0.15, 0.2) is 60.7 Å². The molecule has 0 bridgehead atoms. The lowest BCUT2D eigenvalue weighted by Crippen LogP contribution is -2.31. The molecular weight excluding hydrogens is 403 g/mol. The highest BCUT2D eigenvalue weighted by atomic mass is 19.1. The number of carbonyl (C=O) groups excluding carboxylic acids is 1. The topological polar surface area (TPSA) is 61.9 Å². The molecule has 3 heterocycles. The number of nitrogens with one attached hydrogen (secondary N) is 1. The van der Waals surface area contributed by atoms with Crippen molar-refractivity contribution in [2.45, 2.75) is 38.6 Å². The second-order valence-corrected chi connectivity index (χ2v) is 8.37. The van der Waals surface area contributed by atoms with Gasteiger partial charge in [-0.15, -0.1) is 0 Å². The lowest BCUT2D eigenvalue weighted by atomic mass is 10.0. The average molecular weight is 429 g/mol. The molecule has 6 heteroatoms. The molecule has 1 saturated heterocycles. The maximum Gasteiger partial charge on any atom is 0.223 e. The number of fused-ring (bicyclic) bond motifs is 1. The van der Waals surface area contributed by atoms with E-state index in [1.54, 1.807) is 12.1 Å². The minimum absolute atomic E-state index is 0.0303. The Bertz CT molecular complexity index is 1230. The molecule has 1 atom stereocenters. The number of likely N-dealkylation sites (tertiary alicyclic amines) is 1. The van der Waals surface area contributed by atoms with E-state index in [-0.39, 0.29) is 17.8 Å². The van der Waals surface area contributed by atoms with Crippen LogP contribution in [0.5, 0.6) is 0 Å². The van der Waals surface area contributed by atoms with E-state index in [9.17, 15) is 9.18 Å². The van der Waals surface area contributed by atoms with E-state index in [4.69, 9.17) is 4.98 Å². The molecule has 2 aromatic carbocycles. The molecular formula is C26H25FN4O. The van der Waals surface area contributed by atoms with Gasteiger partial charge in [0.1, 0.15) is 11.6 Å². The number of aromatic amines is 1. The SMILES string of the molecule is Cc1cc(-c2ccc(F)cc2)cc(C2CCCN2C(=O)CCc2nc3ccccc3[nH]2)n1. The Morgan fingerprint density at radius 2 is 1.91 bits per heavy atom. The smallest absolute Gasteiger partial charge is 0.223 e. The van der Waals surface area contributed by atoms with Crippen LogP contribution in [0.1, 0.15) is 42.5 Å². The fourth-order valence-electron chi connectivity index (χ4n) is 4.54. The predicted molar refractivity (Wildman–Crippen MR) is 122 cm³/mol. The van der Waals surface area contributed by atoms with E-state index in [1.165, 1.54) is 12.1 Å². The van der Waals surface area contributed by atoms with Gasteiger partial charge in [-0.2, -0.15) is 0 Å². The number of halogens is 1. The molecule has 2 aromatic heterocycles. The van der Waals surface area contributed by atoms with Crippen LogP contribution >= 0.6 is 0 Å². The molecule has 1 fully saturated rings. The normalized spacial score (nSPS) is 16.1. The number of carbonyl (C=O) groups is 1. The number of hydrogen-bond acceptors (Lipinski definition) is 3. The molecule has 5 rings (SSSR count). The third-order valence-corrected chi connectivity index (χ3v) is 6.08. The third kappa shape index (κ3) is 4.13. The highest BCUT2D eigenvalue weighted by molar-refractivity contribution is 5.78. The van der Waals surface area contributed by atoms with E-state index in [1.807, 2.05) is 48.2 Å². The highest BCUT2D eigenvalue weighted by Gasteiger charge is 2.31. The second-order valence-electron chi connectivity index (χ2n) is 8.37. The zero-order valence-corrected chi connectivity index (χ0v) is 18.0. The Balaban J connectivity index is 1.33. The van der Waals surface area contributed by atoms with Crippen molar-refractivity contribution < 1.29 is 9.18 Å².